The van der Waals surface area contributed by atoms with Crippen LogP contribution in [0.2, 0.25) is 0 Å². The maximum Gasteiger partial charge on any atom is 0.257 e. The number of halogens is 1. The number of carbonyl (C=O) groups excluding carboxylic acids is 1. The lowest BCUT2D eigenvalue weighted by Crippen LogP contribution is -2.42. The zero-order chi connectivity index (χ0) is 20.7. The van der Waals surface area contributed by atoms with Crippen molar-refractivity contribution in [2.24, 2.45) is 11.8 Å². The fraction of sp³-hybridized carbons (Fsp3) is 0.455. The minimum Gasteiger partial charge on any atom is -0.472 e. The zero-order valence-corrected chi connectivity index (χ0v) is 16.7. The molecule has 0 aromatic carbocycles. The van der Waals surface area contributed by atoms with E-state index in [1.807, 2.05) is 12.3 Å². The summed E-state index contributed by atoms with van der Waals surface area (Å²) in [7, 11) is 0. The maximum absolute atomic E-state index is 14.3. The maximum atomic E-state index is 14.3. The third-order valence-corrected chi connectivity index (χ3v) is 7.24. The van der Waals surface area contributed by atoms with Crippen molar-refractivity contribution in [2.45, 2.75) is 43.9 Å². The van der Waals surface area contributed by atoms with Crippen molar-refractivity contribution in [1.29, 1.82) is 0 Å². The fourth-order valence-electron chi connectivity index (χ4n) is 5.65. The summed E-state index contributed by atoms with van der Waals surface area (Å²) in [6.07, 6.45) is 8.11. The molecule has 7 rings (SSSR count). The Morgan fingerprint density at radius 3 is 3.13 bits per heavy atom. The van der Waals surface area contributed by atoms with E-state index in [1.54, 1.807) is 16.8 Å². The van der Waals surface area contributed by atoms with E-state index >= 15 is 0 Å². The van der Waals surface area contributed by atoms with E-state index in [4.69, 9.17) is 9.72 Å². The number of rotatable bonds is 0. The molecule has 5 atom stereocenters. The number of amides is 1. The molecule has 1 saturated heterocycles. The summed E-state index contributed by atoms with van der Waals surface area (Å²) in [4.78, 5) is 24.5. The summed E-state index contributed by atoms with van der Waals surface area (Å²) >= 11 is 0. The van der Waals surface area contributed by atoms with Crippen LogP contribution in [0.25, 0.3) is 5.65 Å². The van der Waals surface area contributed by atoms with Crippen LogP contribution < -0.4 is 15.0 Å². The van der Waals surface area contributed by atoms with Gasteiger partial charge in [-0.05, 0) is 49.7 Å². The Bertz CT molecular complexity index is 1230. The molecule has 1 N–H and O–H groups in total. The molecule has 3 aromatic rings. The number of hydrogen-bond acceptors (Lipinski definition) is 6. The quantitative estimate of drug-likeness (QED) is 0.602. The van der Waals surface area contributed by atoms with Gasteiger partial charge in [0.1, 0.15) is 23.3 Å². The molecule has 2 aliphatic carbocycles. The summed E-state index contributed by atoms with van der Waals surface area (Å²) < 4.78 is 22.3. The summed E-state index contributed by atoms with van der Waals surface area (Å²) in [5.41, 5.74) is 1.76. The first-order valence-electron chi connectivity index (χ1n) is 10.9. The molecule has 9 heteroatoms. The molecule has 8 nitrogen and oxygen atoms in total. The first-order valence-corrected chi connectivity index (χ1v) is 10.9. The molecule has 1 amide bonds. The number of ether oxygens (including phenoxy) is 1. The Hall–Kier alpha value is -3.23. The van der Waals surface area contributed by atoms with Crippen molar-refractivity contribution in [3.63, 3.8) is 0 Å². The topological polar surface area (TPSA) is 84.7 Å². The van der Waals surface area contributed by atoms with Gasteiger partial charge in [0.05, 0.1) is 24.5 Å². The van der Waals surface area contributed by atoms with Crippen LogP contribution in [0.1, 0.15) is 47.6 Å². The number of hydrogen-bond donors (Lipinski definition) is 1. The average Bonchev–Trinajstić information content (AvgIpc) is 3.10. The molecule has 4 aliphatic rings. The zero-order valence-electron chi connectivity index (χ0n) is 16.7. The van der Waals surface area contributed by atoms with Crippen LogP contribution in [0.5, 0.6) is 5.88 Å². The average molecular weight is 420 g/mol. The van der Waals surface area contributed by atoms with Crippen molar-refractivity contribution in [2.75, 3.05) is 11.4 Å². The lowest BCUT2D eigenvalue weighted by atomic mass is 10.0. The molecule has 2 saturated carbocycles. The predicted octanol–water partition coefficient (Wildman–Crippen LogP) is 2.50. The number of pyridine rings is 1. The number of anilines is 1. The van der Waals surface area contributed by atoms with Gasteiger partial charge in [-0.3, -0.25) is 4.79 Å². The number of piperidine rings is 1. The molecule has 0 radical (unpaired) electrons. The Morgan fingerprint density at radius 1 is 1.26 bits per heavy atom. The van der Waals surface area contributed by atoms with Gasteiger partial charge in [0, 0.05) is 18.3 Å². The second-order valence-electron chi connectivity index (χ2n) is 9.08. The van der Waals surface area contributed by atoms with Gasteiger partial charge >= 0.3 is 0 Å². The third kappa shape index (κ3) is 2.58. The van der Waals surface area contributed by atoms with Crippen molar-refractivity contribution in [3.05, 3.63) is 47.7 Å². The van der Waals surface area contributed by atoms with Gasteiger partial charge in [0.25, 0.3) is 5.91 Å². The molecule has 5 heterocycles. The minimum absolute atomic E-state index is 0.0474. The summed E-state index contributed by atoms with van der Waals surface area (Å²) in [5, 5.41) is 7.42. The molecule has 0 unspecified atom stereocenters. The number of carbonyl (C=O) groups is 1. The van der Waals surface area contributed by atoms with E-state index in [1.165, 1.54) is 6.20 Å². The highest BCUT2D eigenvalue weighted by Gasteiger charge is 2.54. The smallest absolute Gasteiger partial charge is 0.257 e. The van der Waals surface area contributed by atoms with Crippen LogP contribution in [0.4, 0.5) is 10.2 Å². The third-order valence-electron chi connectivity index (χ3n) is 7.24. The highest BCUT2D eigenvalue weighted by molar-refractivity contribution is 6.00. The van der Waals surface area contributed by atoms with Crippen LogP contribution >= 0.6 is 0 Å². The summed E-state index contributed by atoms with van der Waals surface area (Å²) in [6.45, 7) is 0.843. The van der Waals surface area contributed by atoms with Gasteiger partial charge in [-0.15, -0.1) is 0 Å². The first-order chi connectivity index (χ1) is 15.2. The Morgan fingerprint density at radius 2 is 2.19 bits per heavy atom. The van der Waals surface area contributed by atoms with Gasteiger partial charge in [-0.1, -0.05) is 0 Å². The number of nitrogens with zero attached hydrogens (tertiary/aromatic N) is 5. The van der Waals surface area contributed by atoms with E-state index < -0.39 is 0 Å². The normalized spacial score (nSPS) is 30.9. The summed E-state index contributed by atoms with van der Waals surface area (Å²) in [6, 6.07) is 3.28. The molecule has 2 aliphatic heterocycles. The molecule has 2 bridgehead atoms. The lowest BCUT2D eigenvalue weighted by Gasteiger charge is -2.30. The number of nitrogens with one attached hydrogen (secondary N) is 1. The molecule has 3 aromatic heterocycles. The molecular weight excluding hydrogens is 399 g/mol. The van der Waals surface area contributed by atoms with Crippen molar-refractivity contribution in [3.8, 4) is 5.88 Å². The number of aromatic nitrogens is 4. The Labute approximate surface area is 177 Å². The fourth-order valence-corrected chi connectivity index (χ4v) is 5.65. The van der Waals surface area contributed by atoms with Crippen molar-refractivity contribution < 1.29 is 13.9 Å². The SMILES string of the molecule is O=C1N[C@@H]2CCC[C@H]2Oc2ncc(F)cc2[C@H]2[C@@H]3C[C@@H]3CN2c2ccn3ncc1c3n2. The van der Waals surface area contributed by atoms with Crippen molar-refractivity contribution in [1.82, 2.24) is 24.9 Å². The molecular formula is C22H21FN6O2. The summed E-state index contributed by atoms with van der Waals surface area (Å²) in [5.74, 6) is 1.64. The first kappa shape index (κ1) is 17.5. The van der Waals surface area contributed by atoms with E-state index in [2.05, 4.69) is 20.3 Å². The largest absolute Gasteiger partial charge is 0.472 e. The van der Waals surface area contributed by atoms with Gasteiger partial charge in [0.15, 0.2) is 5.65 Å². The Kier molecular flexibility index (Phi) is 3.46. The van der Waals surface area contributed by atoms with Crippen LogP contribution in [-0.2, 0) is 0 Å². The highest BCUT2D eigenvalue weighted by atomic mass is 19.1. The molecule has 31 heavy (non-hydrogen) atoms. The van der Waals surface area contributed by atoms with E-state index in [0.29, 0.717) is 28.9 Å². The van der Waals surface area contributed by atoms with Crippen LogP contribution in [-0.4, -0.2) is 44.2 Å². The van der Waals surface area contributed by atoms with E-state index in [-0.39, 0.29) is 29.9 Å². The van der Waals surface area contributed by atoms with Gasteiger partial charge in [-0.25, -0.2) is 18.9 Å². The Balaban J connectivity index is 1.44. The standard InChI is InChI=1S/C22H21FN6O2/c23-12-7-14-19-13-6-11(13)10-28(19)18-4-5-29-20(27-18)15(9-25-29)21(30)26-16-2-1-3-17(16)31-22(14)24-8-12/h4-5,7-9,11,13,16-17,19H,1-3,6,10H2,(H,26,30)/t11-,13-,16-,17-,19-/m1/s1. The van der Waals surface area contributed by atoms with Gasteiger partial charge in [0.2, 0.25) is 5.88 Å². The molecule has 3 fully saturated rings. The van der Waals surface area contributed by atoms with Crippen LogP contribution in [0, 0.1) is 17.7 Å². The lowest BCUT2D eigenvalue weighted by molar-refractivity contribution is 0.0891. The van der Waals surface area contributed by atoms with E-state index in [0.717, 1.165) is 43.6 Å². The highest BCUT2D eigenvalue weighted by Crippen LogP contribution is 2.58. The minimum atomic E-state index is -0.367. The molecule has 0 spiro atoms. The van der Waals surface area contributed by atoms with Crippen LogP contribution in [0.15, 0.2) is 30.7 Å². The molecule has 158 valence electrons. The monoisotopic (exact) mass is 420 g/mol. The second kappa shape index (κ2) is 6.15. The number of fused-ring (bicyclic) bond motifs is 8. The van der Waals surface area contributed by atoms with Gasteiger partial charge < -0.3 is 15.0 Å². The van der Waals surface area contributed by atoms with Crippen LogP contribution in [0.3, 0.4) is 0 Å². The van der Waals surface area contributed by atoms with E-state index in [9.17, 15) is 9.18 Å². The predicted molar refractivity (Wildman–Crippen MR) is 108 cm³/mol. The van der Waals surface area contributed by atoms with Crippen molar-refractivity contribution >= 4 is 17.4 Å². The van der Waals surface area contributed by atoms with Gasteiger partial charge in [-0.2, -0.15) is 5.10 Å². The second-order valence-corrected chi connectivity index (χ2v) is 9.08.